The molecule has 3 rings (SSSR count). The molecule has 0 aliphatic carbocycles. The Morgan fingerprint density at radius 2 is 1.97 bits per heavy atom. The van der Waals surface area contributed by atoms with Crippen molar-refractivity contribution in [2.24, 2.45) is 0 Å². The van der Waals surface area contributed by atoms with Crippen molar-refractivity contribution < 1.29 is 31.9 Å². The average molecular weight is 469 g/mol. The summed E-state index contributed by atoms with van der Waals surface area (Å²) in [5.41, 5.74) is 8.40. The molecule has 8 nitrogen and oxygen atoms in total. The Bertz CT molecular complexity index is 1140. The molecule has 168 valence electrons. The molecule has 32 heavy (non-hydrogen) atoms. The third-order valence-electron chi connectivity index (χ3n) is 3.97. The van der Waals surface area contributed by atoms with Crippen LogP contribution in [0.1, 0.15) is 28.6 Å². The fourth-order valence-electron chi connectivity index (χ4n) is 2.44. The molecule has 0 aliphatic heterocycles. The smallest absolute Gasteiger partial charge is 0.388 e. The highest BCUT2D eigenvalue weighted by atomic mass is 32.1. The molecule has 0 saturated heterocycles. The van der Waals surface area contributed by atoms with Crippen LogP contribution in [0.5, 0.6) is 5.88 Å². The number of pyridine rings is 1. The summed E-state index contributed by atoms with van der Waals surface area (Å²) in [6.07, 6.45) is 1.11. The number of amides is 1. The fraction of sp³-hybridized carbons (Fsp3) is 0.158. The van der Waals surface area contributed by atoms with Gasteiger partial charge in [-0.05, 0) is 18.2 Å². The summed E-state index contributed by atoms with van der Waals surface area (Å²) in [5.74, 6) is -3.89. The van der Waals surface area contributed by atoms with Crippen molar-refractivity contribution in [1.29, 1.82) is 0 Å². The number of hydrazine groups is 1. The van der Waals surface area contributed by atoms with Gasteiger partial charge in [0.25, 0.3) is 0 Å². The van der Waals surface area contributed by atoms with Crippen LogP contribution in [0.15, 0.2) is 36.5 Å². The van der Waals surface area contributed by atoms with Crippen LogP contribution in [0.2, 0.25) is 0 Å². The molecule has 0 aliphatic rings. The number of alkyl halides is 2. The van der Waals surface area contributed by atoms with Crippen molar-refractivity contribution in [3.05, 3.63) is 58.6 Å². The summed E-state index contributed by atoms with van der Waals surface area (Å²) in [6, 6.07) is 5.23. The Kier molecular flexibility index (Phi) is 6.88. The van der Waals surface area contributed by atoms with Crippen molar-refractivity contribution in [2.75, 3.05) is 10.7 Å². The molecule has 13 heteroatoms. The van der Waals surface area contributed by atoms with Gasteiger partial charge >= 0.3 is 6.61 Å². The maximum atomic E-state index is 13.7. The molecule has 0 bridgehead atoms. The lowest BCUT2D eigenvalue weighted by atomic mass is 10.1. The largest absolute Gasteiger partial charge is 0.417 e. The number of halogens is 4. The van der Waals surface area contributed by atoms with Gasteiger partial charge in [0.15, 0.2) is 11.6 Å². The zero-order chi connectivity index (χ0) is 23.4. The van der Waals surface area contributed by atoms with Crippen LogP contribution in [-0.2, 0) is 4.79 Å². The van der Waals surface area contributed by atoms with Crippen molar-refractivity contribution in [2.45, 2.75) is 20.0 Å². The zero-order valence-electron chi connectivity index (χ0n) is 16.3. The number of carbonyl (C=O) groups excluding carboxylic acids is 2. The number of carbonyl (C=O) groups is 2. The predicted molar refractivity (Wildman–Crippen MR) is 108 cm³/mol. The molecule has 3 aromatic rings. The van der Waals surface area contributed by atoms with Crippen molar-refractivity contribution in [3.8, 4) is 5.88 Å². The van der Waals surface area contributed by atoms with E-state index in [4.69, 9.17) is 5.73 Å². The minimum Gasteiger partial charge on any atom is -0.417 e. The molecule has 1 amide bonds. The third kappa shape index (κ3) is 5.11. The number of nitrogens with two attached hydrogens (primary N) is 1. The molecule has 0 spiro atoms. The maximum absolute atomic E-state index is 13.7. The molecule has 2 heterocycles. The van der Waals surface area contributed by atoms with E-state index in [-0.39, 0.29) is 39.4 Å². The monoisotopic (exact) mass is 469 g/mol. The lowest BCUT2D eigenvalue weighted by Crippen LogP contribution is -2.38. The van der Waals surface area contributed by atoms with E-state index in [9.17, 15) is 27.2 Å². The number of anilines is 3. The summed E-state index contributed by atoms with van der Waals surface area (Å²) < 4.78 is 55.7. The van der Waals surface area contributed by atoms with Crippen molar-refractivity contribution >= 4 is 39.7 Å². The van der Waals surface area contributed by atoms with E-state index >= 15 is 0 Å². The minimum atomic E-state index is -3.07. The molecule has 0 fully saturated rings. The van der Waals surface area contributed by atoms with Gasteiger partial charge in [-0.25, -0.2) is 23.8 Å². The van der Waals surface area contributed by atoms with Gasteiger partial charge in [-0.15, -0.1) is 0 Å². The lowest BCUT2D eigenvalue weighted by Gasteiger charge is -2.22. The number of benzene rings is 1. The molecule has 1 aromatic carbocycles. The number of rotatable bonds is 8. The van der Waals surface area contributed by atoms with Crippen LogP contribution in [0.25, 0.3) is 0 Å². The zero-order valence-corrected chi connectivity index (χ0v) is 17.1. The first kappa shape index (κ1) is 22.9. The van der Waals surface area contributed by atoms with Crippen LogP contribution in [0, 0.1) is 11.6 Å². The highest BCUT2D eigenvalue weighted by Crippen LogP contribution is 2.34. The van der Waals surface area contributed by atoms with Crippen LogP contribution >= 0.6 is 11.3 Å². The Morgan fingerprint density at radius 1 is 1.22 bits per heavy atom. The van der Waals surface area contributed by atoms with Gasteiger partial charge in [0, 0.05) is 30.3 Å². The number of aromatic nitrogens is 2. The third-order valence-corrected chi connectivity index (χ3v) is 5.02. The highest BCUT2D eigenvalue weighted by molar-refractivity contribution is 7.18. The first-order chi connectivity index (χ1) is 15.2. The standard InChI is InChI=1S/C19H15F4N5O3S/c1-2-13(29)27-28(10-4-5-11(20)12(21)7-10)19-26-17(24)16(32-19)15(30)9-3-6-14(25-8-9)31-18(22)23/h3-8,18H,2,24H2,1H3,(H,27,29). The van der Waals surface area contributed by atoms with Gasteiger partial charge in [0.2, 0.25) is 22.7 Å². The summed E-state index contributed by atoms with van der Waals surface area (Å²) >= 11 is 0.773. The van der Waals surface area contributed by atoms with Crippen molar-refractivity contribution in [1.82, 2.24) is 15.4 Å². The minimum absolute atomic E-state index is 0.00395. The number of nitrogens with one attached hydrogen (secondary N) is 1. The summed E-state index contributed by atoms with van der Waals surface area (Å²) in [7, 11) is 0. The number of thiazole rings is 1. The molecule has 3 N–H and O–H groups in total. The Hall–Kier alpha value is -3.74. The van der Waals surface area contributed by atoms with E-state index in [1.54, 1.807) is 6.92 Å². The fourth-order valence-corrected chi connectivity index (χ4v) is 3.37. The molecular weight excluding hydrogens is 454 g/mol. The van der Waals surface area contributed by atoms with Crippen LogP contribution in [-0.4, -0.2) is 28.3 Å². The highest BCUT2D eigenvalue weighted by Gasteiger charge is 2.24. The molecule has 0 saturated carbocycles. The van der Waals surface area contributed by atoms with Gasteiger partial charge < -0.3 is 10.5 Å². The van der Waals surface area contributed by atoms with Crippen LogP contribution < -0.4 is 20.9 Å². The van der Waals surface area contributed by atoms with Gasteiger partial charge in [0.1, 0.15) is 10.7 Å². The number of ketones is 1. The van der Waals surface area contributed by atoms with Crippen molar-refractivity contribution in [3.63, 3.8) is 0 Å². The number of hydrogen-bond acceptors (Lipinski definition) is 8. The topological polar surface area (TPSA) is 110 Å². The van der Waals surface area contributed by atoms with E-state index in [0.29, 0.717) is 0 Å². The van der Waals surface area contributed by atoms with Gasteiger partial charge in [0.05, 0.1) is 5.69 Å². The maximum Gasteiger partial charge on any atom is 0.388 e. The van der Waals surface area contributed by atoms with Gasteiger partial charge in [-0.3, -0.25) is 15.0 Å². The predicted octanol–water partition coefficient (Wildman–Crippen LogP) is 3.81. The summed E-state index contributed by atoms with van der Waals surface area (Å²) in [6.45, 7) is -1.48. The first-order valence-corrected chi connectivity index (χ1v) is 9.77. The van der Waals surface area contributed by atoms with Crippen LogP contribution in [0.4, 0.5) is 34.2 Å². The first-order valence-electron chi connectivity index (χ1n) is 8.96. The number of nitrogen functional groups attached to an aromatic ring is 1. The normalized spacial score (nSPS) is 10.8. The van der Waals surface area contributed by atoms with E-state index in [1.807, 2.05) is 0 Å². The van der Waals surface area contributed by atoms with Gasteiger partial charge in [-0.2, -0.15) is 8.78 Å². The second kappa shape index (κ2) is 9.60. The molecule has 0 atom stereocenters. The molecule has 2 aromatic heterocycles. The van der Waals surface area contributed by atoms with E-state index in [0.717, 1.165) is 40.7 Å². The number of nitrogens with zero attached hydrogens (tertiary/aromatic N) is 3. The average Bonchev–Trinajstić information content (AvgIpc) is 3.14. The number of hydrogen-bond donors (Lipinski definition) is 2. The van der Waals surface area contributed by atoms with E-state index < -0.39 is 29.9 Å². The van der Waals surface area contributed by atoms with E-state index in [2.05, 4.69) is 20.1 Å². The van der Waals surface area contributed by atoms with Crippen LogP contribution in [0.3, 0.4) is 0 Å². The summed E-state index contributed by atoms with van der Waals surface area (Å²) in [5, 5.41) is 1.08. The molecule has 0 radical (unpaired) electrons. The van der Waals surface area contributed by atoms with Gasteiger partial charge in [-0.1, -0.05) is 18.3 Å². The number of ether oxygens (including phenoxy) is 1. The molecule has 0 unspecified atom stereocenters. The molecular formula is C19H15F4N5O3S. The van der Waals surface area contributed by atoms with E-state index in [1.165, 1.54) is 12.1 Å². The summed E-state index contributed by atoms with van der Waals surface area (Å²) in [4.78, 5) is 32.4. The lowest BCUT2D eigenvalue weighted by molar-refractivity contribution is -0.120. The Labute approximate surface area is 182 Å². The SMILES string of the molecule is CCC(=O)NN(c1ccc(F)c(F)c1)c1nc(N)c(C(=O)c2ccc(OC(F)F)nc2)s1. The second-order valence-corrected chi connectivity index (χ2v) is 7.10. The quantitative estimate of drug-likeness (QED) is 0.293. The second-order valence-electron chi connectivity index (χ2n) is 6.13. The Balaban J connectivity index is 1.94. The Morgan fingerprint density at radius 3 is 2.56 bits per heavy atom.